The van der Waals surface area contributed by atoms with Crippen molar-refractivity contribution < 1.29 is 14.7 Å². The number of amides is 1. The van der Waals surface area contributed by atoms with E-state index in [1.165, 1.54) is 25.3 Å². The van der Waals surface area contributed by atoms with Gasteiger partial charge in [-0.2, -0.15) is 0 Å². The van der Waals surface area contributed by atoms with Crippen molar-refractivity contribution in [3.63, 3.8) is 0 Å². The number of rotatable bonds is 6. The molecule has 1 amide bonds. The van der Waals surface area contributed by atoms with Crippen LogP contribution in [0.25, 0.3) is 0 Å². The first-order chi connectivity index (χ1) is 11.0. The minimum Gasteiger partial charge on any atom is -0.480 e. The third kappa shape index (κ3) is 4.29. The third-order valence-corrected chi connectivity index (χ3v) is 3.51. The highest BCUT2D eigenvalue weighted by molar-refractivity contribution is 5.90. The molecule has 0 bridgehead atoms. The van der Waals surface area contributed by atoms with E-state index in [2.05, 4.69) is 5.32 Å². The van der Waals surface area contributed by atoms with Crippen molar-refractivity contribution >= 4 is 17.6 Å². The number of anilines is 1. The van der Waals surface area contributed by atoms with Gasteiger partial charge in [-0.25, -0.2) is 4.79 Å². The highest BCUT2D eigenvalue weighted by Crippen LogP contribution is 2.08. The molecule has 120 valence electrons. The van der Waals surface area contributed by atoms with Gasteiger partial charge in [-0.05, 0) is 31.0 Å². The fourth-order valence-corrected chi connectivity index (χ4v) is 2.14. The molecule has 1 atom stereocenters. The number of carbonyl (C=O) groups excluding carboxylic acids is 1. The summed E-state index contributed by atoms with van der Waals surface area (Å²) in [6.45, 7) is 1.41. The molecular formula is C17H18N2O4. The van der Waals surface area contributed by atoms with E-state index in [9.17, 15) is 14.4 Å². The Morgan fingerprint density at radius 1 is 1.17 bits per heavy atom. The minimum absolute atomic E-state index is 0.0821. The fourth-order valence-electron chi connectivity index (χ4n) is 2.14. The van der Waals surface area contributed by atoms with Gasteiger partial charge in [0.15, 0.2) is 0 Å². The van der Waals surface area contributed by atoms with Gasteiger partial charge >= 0.3 is 5.97 Å². The normalized spacial score (nSPS) is 11.7. The molecular weight excluding hydrogens is 296 g/mol. The number of carbonyl (C=O) groups is 2. The highest BCUT2D eigenvalue weighted by Gasteiger charge is 2.16. The number of benzene rings is 1. The number of nitrogens with zero attached hydrogens (tertiary/aromatic N) is 1. The van der Waals surface area contributed by atoms with Crippen LogP contribution in [0.1, 0.15) is 24.9 Å². The van der Waals surface area contributed by atoms with Crippen LogP contribution in [0, 0.1) is 0 Å². The lowest BCUT2D eigenvalue weighted by Crippen LogP contribution is -2.30. The number of hydrogen-bond donors (Lipinski definition) is 2. The minimum atomic E-state index is -1.11. The largest absolute Gasteiger partial charge is 0.480 e. The Labute approximate surface area is 133 Å². The Morgan fingerprint density at radius 3 is 2.52 bits per heavy atom. The van der Waals surface area contributed by atoms with Crippen molar-refractivity contribution in [3.8, 4) is 0 Å². The van der Waals surface area contributed by atoms with Gasteiger partial charge in [0, 0.05) is 12.6 Å². The van der Waals surface area contributed by atoms with E-state index in [0.717, 1.165) is 10.1 Å². The Bertz CT molecular complexity index is 753. The molecule has 23 heavy (non-hydrogen) atoms. The van der Waals surface area contributed by atoms with Crippen molar-refractivity contribution in [2.24, 2.45) is 0 Å². The van der Waals surface area contributed by atoms with E-state index in [-0.39, 0.29) is 18.0 Å². The lowest BCUT2D eigenvalue weighted by Gasteiger charge is -2.12. The van der Waals surface area contributed by atoms with Crippen LogP contribution in [-0.2, 0) is 16.0 Å². The van der Waals surface area contributed by atoms with Gasteiger partial charge in [-0.3, -0.25) is 14.2 Å². The fraction of sp³-hybridized carbons (Fsp3) is 0.235. The van der Waals surface area contributed by atoms with Gasteiger partial charge in [-0.15, -0.1) is 0 Å². The quantitative estimate of drug-likeness (QED) is 0.854. The average Bonchev–Trinajstić information content (AvgIpc) is 2.55. The molecule has 0 aliphatic heterocycles. The summed E-state index contributed by atoms with van der Waals surface area (Å²) in [6.07, 6.45) is 2.20. The number of nitrogens with one attached hydrogen (secondary N) is 1. The van der Waals surface area contributed by atoms with Crippen molar-refractivity contribution in [1.29, 1.82) is 0 Å². The second kappa shape index (κ2) is 7.40. The molecule has 2 rings (SSSR count). The standard InChI is InChI=1S/C17H18N2O4/c1-12(17(22)23)19-11-5-8-14(16(19)21)18-15(20)10-9-13-6-3-2-4-7-13/h2-8,11-12H,9-10H2,1H3,(H,18,20)(H,22,23)/t12-/m0/s1. The van der Waals surface area contributed by atoms with Gasteiger partial charge < -0.3 is 10.4 Å². The number of pyridine rings is 1. The number of hydrogen-bond acceptors (Lipinski definition) is 3. The van der Waals surface area contributed by atoms with Crippen LogP contribution in [-0.4, -0.2) is 21.6 Å². The lowest BCUT2D eigenvalue weighted by molar-refractivity contribution is -0.140. The van der Waals surface area contributed by atoms with Crippen LogP contribution >= 0.6 is 0 Å². The molecule has 6 heteroatoms. The van der Waals surface area contributed by atoms with E-state index in [0.29, 0.717) is 6.42 Å². The molecule has 0 aliphatic rings. The second-order valence-electron chi connectivity index (χ2n) is 5.18. The summed E-state index contributed by atoms with van der Waals surface area (Å²) in [5, 5.41) is 11.5. The average molecular weight is 314 g/mol. The van der Waals surface area contributed by atoms with Crippen molar-refractivity contribution in [3.05, 3.63) is 64.6 Å². The van der Waals surface area contributed by atoms with E-state index in [1.54, 1.807) is 0 Å². The first kappa shape index (κ1) is 16.5. The summed E-state index contributed by atoms with van der Waals surface area (Å²) in [7, 11) is 0. The molecule has 0 fully saturated rings. The van der Waals surface area contributed by atoms with E-state index in [1.807, 2.05) is 30.3 Å². The first-order valence-corrected chi connectivity index (χ1v) is 7.27. The number of carboxylic acid groups (broad SMARTS) is 1. The number of aliphatic carboxylic acids is 1. The molecule has 1 aromatic heterocycles. The van der Waals surface area contributed by atoms with Gasteiger partial charge in [-0.1, -0.05) is 30.3 Å². The lowest BCUT2D eigenvalue weighted by atomic mass is 10.1. The molecule has 1 aromatic carbocycles. The summed E-state index contributed by atoms with van der Waals surface area (Å²) in [4.78, 5) is 35.2. The molecule has 0 aliphatic carbocycles. The molecule has 0 radical (unpaired) electrons. The van der Waals surface area contributed by atoms with Crippen molar-refractivity contribution in [2.45, 2.75) is 25.8 Å². The molecule has 6 nitrogen and oxygen atoms in total. The van der Waals surface area contributed by atoms with Crippen LogP contribution in [0.5, 0.6) is 0 Å². The molecule has 2 N–H and O–H groups in total. The number of aryl methyl sites for hydroxylation is 1. The van der Waals surface area contributed by atoms with Crippen LogP contribution in [0.15, 0.2) is 53.5 Å². The second-order valence-corrected chi connectivity index (χ2v) is 5.18. The summed E-state index contributed by atoms with van der Waals surface area (Å²) >= 11 is 0. The summed E-state index contributed by atoms with van der Waals surface area (Å²) < 4.78 is 1.08. The zero-order chi connectivity index (χ0) is 16.8. The van der Waals surface area contributed by atoms with E-state index < -0.39 is 17.6 Å². The highest BCUT2D eigenvalue weighted by atomic mass is 16.4. The first-order valence-electron chi connectivity index (χ1n) is 7.27. The summed E-state index contributed by atoms with van der Waals surface area (Å²) in [5.41, 5.74) is 0.585. The van der Waals surface area contributed by atoms with Crippen molar-refractivity contribution in [2.75, 3.05) is 5.32 Å². The smallest absolute Gasteiger partial charge is 0.326 e. The third-order valence-electron chi connectivity index (χ3n) is 3.51. The molecule has 1 heterocycles. The maximum atomic E-state index is 12.2. The summed E-state index contributed by atoms with van der Waals surface area (Å²) in [5.74, 6) is -1.40. The monoisotopic (exact) mass is 314 g/mol. The predicted molar refractivity (Wildman–Crippen MR) is 86.4 cm³/mol. The van der Waals surface area contributed by atoms with E-state index >= 15 is 0 Å². The Balaban J connectivity index is 2.05. The molecule has 2 aromatic rings. The van der Waals surface area contributed by atoms with Crippen molar-refractivity contribution in [1.82, 2.24) is 4.57 Å². The van der Waals surface area contributed by atoms with Gasteiger partial charge in [0.2, 0.25) is 5.91 Å². The van der Waals surface area contributed by atoms with Gasteiger partial charge in [0.05, 0.1) is 0 Å². The Hall–Kier alpha value is -2.89. The predicted octanol–water partition coefficient (Wildman–Crippen LogP) is 2.07. The van der Waals surface area contributed by atoms with Gasteiger partial charge in [0.25, 0.3) is 5.56 Å². The zero-order valence-electron chi connectivity index (χ0n) is 12.7. The molecule has 0 unspecified atom stereocenters. The number of carboxylic acids is 1. The van der Waals surface area contributed by atoms with Crippen LogP contribution < -0.4 is 10.9 Å². The van der Waals surface area contributed by atoms with Crippen LogP contribution in [0.4, 0.5) is 5.69 Å². The SMILES string of the molecule is C[C@@H](C(=O)O)n1cccc(NC(=O)CCc2ccccc2)c1=O. The Kier molecular flexibility index (Phi) is 5.30. The molecule has 0 saturated carbocycles. The maximum absolute atomic E-state index is 12.2. The van der Waals surface area contributed by atoms with Crippen LogP contribution in [0.3, 0.4) is 0 Å². The Morgan fingerprint density at radius 2 is 1.87 bits per heavy atom. The molecule has 0 saturated heterocycles. The van der Waals surface area contributed by atoms with E-state index in [4.69, 9.17) is 5.11 Å². The van der Waals surface area contributed by atoms with Crippen LogP contribution in [0.2, 0.25) is 0 Å². The topological polar surface area (TPSA) is 88.4 Å². The molecule has 0 spiro atoms. The zero-order valence-corrected chi connectivity index (χ0v) is 12.7. The number of aromatic nitrogens is 1. The maximum Gasteiger partial charge on any atom is 0.326 e. The summed E-state index contributed by atoms with van der Waals surface area (Å²) in [6, 6.07) is 11.6. The van der Waals surface area contributed by atoms with Gasteiger partial charge in [0.1, 0.15) is 11.7 Å².